The van der Waals surface area contributed by atoms with Crippen molar-refractivity contribution in [2.24, 2.45) is 17.1 Å². The van der Waals surface area contributed by atoms with E-state index in [-0.39, 0.29) is 23.4 Å². The Morgan fingerprint density at radius 2 is 1.89 bits per heavy atom. The Morgan fingerprint density at radius 3 is 2.37 bits per heavy atom. The van der Waals surface area contributed by atoms with Gasteiger partial charge in [-0.15, -0.1) is 0 Å². The molecule has 1 aliphatic carbocycles. The van der Waals surface area contributed by atoms with E-state index in [0.717, 1.165) is 19.3 Å². The molecule has 114 valence electrons. The molecular formula is C14H27F3N2. The number of nitrogens with two attached hydrogens (primary N) is 1. The molecule has 0 heterocycles. The van der Waals surface area contributed by atoms with Crippen molar-refractivity contribution < 1.29 is 13.2 Å². The first kappa shape index (κ1) is 16.8. The van der Waals surface area contributed by atoms with Crippen LogP contribution < -0.4 is 5.73 Å². The second-order valence-corrected chi connectivity index (χ2v) is 6.81. The number of nitrogens with zero attached hydrogens (tertiary/aromatic N) is 1. The largest absolute Gasteiger partial charge is 0.401 e. The van der Waals surface area contributed by atoms with Gasteiger partial charge in [-0.05, 0) is 38.0 Å². The number of alkyl halides is 3. The smallest absolute Gasteiger partial charge is 0.327 e. The zero-order valence-corrected chi connectivity index (χ0v) is 12.4. The van der Waals surface area contributed by atoms with Crippen molar-refractivity contribution in [3.8, 4) is 0 Å². The minimum atomic E-state index is -4.14. The standard InChI is InChI=1S/C14H27F3N2/c1-10(2)19(9-14(15,16)17)8-11-6-5-7-13(3,4)12(11)18/h10-12H,5-9,18H2,1-4H3. The Hall–Kier alpha value is -0.290. The van der Waals surface area contributed by atoms with Crippen molar-refractivity contribution in [3.05, 3.63) is 0 Å². The Balaban J connectivity index is 2.68. The molecular weight excluding hydrogens is 253 g/mol. The van der Waals surface area contributed by atoms with Crippen molar-refractivity contribution >= 4 is 0 Å². The molecule has 19 heavy (non-hydrogen) atoms. The van der Waals surface area contributed by atoms with Gasteiger partial charge in [-0.3, -0.25) is 4.90 Å². The van der Waals surface area contributed by atoms with Crippen LogP contribution in [0.2, 0.25) is 0 Å². The lowest BCUT2D eigenvalue weighted by atomic mass is 9.68. The second-order valence-electron chi connectivity index (χ2n) is 6.81. The van der Waals surface area contributed by atoms with Gasteiger partial charge in [0.15, 0.2) is 0 Å². The van der Waals surface area contributed by atoms with Crippen LogP contribution in [0.1, 0.15) is 47.0 Å². The minimum absolute atomic E-state index is 0.0178. The monoisotopic (exact) mass is 280 g/mol. The van der Waals surface area contributed by atoms with E-state index in [1.807, 2.05) is 13.8 Å². The van der Waals surface area contributed by atoms with Gasteiger partial charge in [-0.25, -0.2) is 0 Å². The van der Waals surface area contributed by atoms with Crippen LogP contribution in [0, 0.1) is 11.3 Å². The lowest BCUT2D eigenvalue weighted by Gasteiger charge is -2.44. The van der Waals surface area contributed by atoms with E-state index in [1.165, 1.54) is 4.90 Å². The summed E-state index contributed by atoms with van der Waals surface area (Å²) in [5.74, 6) is 0.161. The summed E-state index contributed by atoms with van der Waals surface area (Å²) in [5.41, 5.74) is 6.29. The van der Waals surface area contributed by atoms with Crippen molar-refractivity contribution in [1.82, 2.24) is 4.90 Å². The fourth-order valence-electron chi connectivity index (χ4n) is 3.00. The molecule has 0 aromatic carbocycles. The van der Waals surface area contributed by atoms with Gasteiger partial charge in [0.25, 0.3) is 0 Å². The van der Waals surface area contributed by atoms with Crippen LogP contribution in [0.15, 0.2) is 0 Å². The summed E-state index contributed by atoms with van der Waals surface area (Å²) in [6.45, 7) is 7.47. The predicted molar refractivity (Wildman–Crippen MR) is 71.9 cm³/mol. The molecule has 0 aromatic rings. The quantitative estimate of drug-likeness (QED) is 0.855. The maximum absolute atomic E-state index is 12.6. The number of halogens is 3. The summed E-state index contributed by atoms with van der Waals surface area (Å²) in [6.07, 6.45) is -1.08. The third kappa shape index (κ3) is 4.95. The van der Waals surface area contributed by atoms with E-state index in [9.17, 15) is 13.2 Å². The topological polar surface area (TPSA) is 29.3 Å². The highest BCUT2D eigenvalue weighted by molar-refractivity contribution is 4.92. The van der Waals surface area contributed by atoms with Gasteiger partial charge < -0.3 is 5.73 Å². The second kappa shape index (κ2) is 6.00. The van der Waals surface area contributed by atoms with Crippen molar-refractivity contribution in [2.45, 2.75) is 65.2 Å². The Morgan fingerprint density at radius 1 is 1.32 bits per heavy atom. The van der Waals surface area contributed by atoms with Crippen LogP contribution in [-0.4, -0.2) is 36.2 Å². The molecule has 5 heteroatoms. The SMILES string of the molecule is CC(C)N(CC1CCCC(C)(C)C1N)CC(F)(F)F. The number of hydrogen-bond acceptors (Lipinski definition) is 2. The van der Waals surface area contributed by atoms with Crippen LogP contribution in [0.3, 0.4) is 0 Å². The maximum atomic E-state index is 12.6. The molecule has 1 rings (SSSR count). The molecule has 1 saturated carbocycles. The number of rotatable bonds is 4. The molecule has 2 nitrogen and oxygen atoms in total. The molecule has 0 bridgehead atoms. The third-order valence-corrected chi connectivity index (χ3v) is 4.39. The molecule has 0 radical (unpaired) electrons. The van der Waals surface area contributed by atoms with Crippen molar-refractivity contribution in [1.29, 1.82) is 0 Å². The Labute approximate surface area is 114 Å². The highest BCUT2D eigenvalue weighted by Gasteiger charge is 2.39. The number of hydrogen-bond donors (Lipinski definition) is 1. The zero-order valence-electron chi connectivity index (χ0n) is 12.4. The van der Waals surface area contributed by atoms with Crippen LogP contribution in [0.4, 0.5) is 13.2 Å². The van der Waals surface area contributed by atoms with Crippen LogP contribution in [-0.2, 0) is 0 Å². The van der Waals surface area contributed by atoms with Crippen LogP contribution in [0.5, 0.6) is 0 Å². The average molecular weight is 280 g/mol. The van der Waals surface area contributed by atoms with Gasteiger partial charge in [-0.1, -0.05) is 20.3 Å². The van der Waals surface area contributed by atoms with Gasteiger partial charge in [0, 0.05) is 18.6 Å². The minimum Gasteiger partial charge on any atom is -0.327 e. The van der Waals surface area contributed by atoms with Gasteiger partial charge in [0.2, 0.25) is 0 Å². The summed E-state index contributed by atoms with van der Waals surface area (Å²) in [7, 11) is 0. The Bertz CT molecular complexity index is 287. The van der Waals surface area contributed by atoms with E-state index in [0.29, 0.717) is 6.54 Å². The average Bonchev–Trinajstić information content (AvgIpc) is 2.21. The fraction of sp³-hybridized carbons (Fsp3) is 1.00. The predicted octanol–water partition coefficient (Wildman–Crippen LogP) is 3.41. The van der Waals surface area contributed by atoms with E-state index >= 15 is 0 Å². The molecule has 2 atom stereocenters. The first-order chi connectivity index (χ1) is 8.53. The zero-order chi connectivity index (χ0) is 14.8. The summed E-state index contributed by atoms with van der Waals surface area (Å²) < 4.78 is 37.8. The molecule has 2 unspecified atom stereocenters. The van der Waals surface area contributed by atoms with Crippen molar-refractivity contribution in [2.75, 3.05) is 13.1 Å². The van der Waals surface area contributed by atoms with Crippen LogP contribution in [0.25, 0.3) is 0 Å². The first-order valence-electron chi connectivity index (χ1n) is 7.09. The summed E-state index contributed by atoms with van der Waals surface area (Å²) >= 11 is 0. The van der Waals surface area contributed by atoms with Crippen molar-refractivity contribution in [3.63, 3.8) is 0 Å². The third-order valence-electron chi connectivity index (χ3n) is 4.39. The lowest BCUT2D eigenvalue weighted by Crippen LogP contribution is -2.52. The van der Waals surface area contributed by atoms with Gasteiger partial charge in [0.1, 0.15) is 0 Å². The fourth-order valence-corrected chi connectivity index (χ4v) is 3.00. The molecule has 0 aromatic heterocycles. The molecule has 1 fully saturated rings. The van der Waals surface area contributed by atoms with E-state index in [4.69, 9.17) is 5.73 Å². The molecule has 1 aliphatic rings. The summed E-state index contributed by atoms with van der Waals surface area (Å²) in [4.78, 5) is 1.51. The maximum Gasteiger partial charge on any atom is 0.401 e. The van der Waals surface area contributed by atoms with Gasteiger partial charge >= 0.3 is 6.18 Å². The first-order valence-corrected chi connectivity index (χ1v) is 7.09. The van der Waals surface area contributed by atoms with Gasteiger partial charge in [0.05, 0.1) is 6.54 Å². The Kier molecular flexibility index (Phi) is 5.29. The van der Waals surface area contributed by atoms with Gasteiger partial charge in [-0.2, -0.15) is 13.2 Å². The molecule has 2 N–H and O–H groups in total. The van der Waals surface area contributed by atoms with Crippen LogP contribution >= 0.6 is 0 Å². The van der Waals surface area contributed by atoms with E-state index in [1.54, 1.807) is 0 Å². The van der Waals surface area contributed by atoms with E-state index < -0.39 is 12.7 Å². The van der Waals surface area contributed by atoms with E-state index in [2.05, 4.69) is 13.8 Å². The molecule has 0 spiro atoms. The highest BCUT2D eigenvalue weighted by atomic mass is 19.4. The summed E-state index contributed by atoms with van der Waals surface area (Å²) in [6, 6.07) is -0.130. The summed E-state index contributed by atoms with van der Waals surface area (Å²) in [5, 5.41) is 0. The lowest BCUT2D eigenvalue weighted by molar-refractivity contribution is -0.152. The highest BCUT2D eigenvalue weighted by Crippen LogP contribution is 2.38. The normalized spacial score (nSPS) is 28.1. The molecule has 0 amide bonds. The molecule has 0 aliphatic heterocycles. The molecule has 0 saturated heterocycles.